The largest absolute Gasteiger partial charge is 0.477 e. The van der Waals surface area contributed by atoms with E-state index in [1.54, 1.807) is 12.1 Å². The monoisotopic (exact) mass is 222 g/mol. The Morgan fingerprint density at radius 2 is 1.56 bits per heavy atom. The molecule has 0 saturated heterocycles. The summed E-state index contributed by atoms with van der Waals surface area (Å²) in [6.07, 6.45) is 0. The van der Waals surface area contributed by atoms with E-state index in [2.05, 4.69) is 0 Å². The molecule has 0 saturated carbocycles. The van der Waals surface area contributed by atoms with E-state index in [1.165, 1.54) is 12.1 Å². The fourth-order valence-electron chi connectivity index (χ4n) is 1.20. The van der Waals surface area contributed by atoms with E-state index in [0.717, 1.165) is 0 Å². The van der Waals surface area contributed by atoms with Crippen molar-refractivity contribution in [2.75, 3.05) is 5.73 Å². The molecule has 1 aromatic rings. The second kappa shape index (κ2) is 4.35. The van der Waals surface area contributed by atoms with Crippen molar-refractivity contribution in [1.29, 1.82) is 0 Å². The standard InChI is InChI=1S/C10H10N2O4/c11-6-4-2-1-3-5(6)8(12)7(9(13)14)10(15)16/h1-4H,11-12H2,(H,13,14)(H,15,16). The maximum absolute atomic E-state index is 10.7. The Morgan fingerprint density at radius 1 is 1.06 bits per heavy atom. The smallest absolute Gasteiger partial charge is 0.345 e. The first kappa shape index (κ1) is 11.6. The van der Waals surface area contributed by atoms with Crippen LogP contribution in [0.2, 0.25) is 0 Å². The van der Waals surface area contributed by atoms with Gasteiger partial charge in [-0.1, -0.05) is 18.2 Å². The number of hydrogen-bond acceptors (Lipinski definition) is 4. The lowest BCUT2D eigenvalue weighted by Gasteiger charge is -2.07. The van der Waals surface area contributed by atoms with Gasteiger partial charge in [0.05, 0.1) is 5.70 Å². The van der Waals surface area contributed by atoms with E-state index in [1.807, 2.05) is 0 Å². The number of carboxylic acid groups (broad SMARTS) is 2. The molecular formula is C10H10N2O4. The van der Waals surface area contributed by atoms with Gasteiger partial charge >= 0.3 is 11.9 Å². The van der Waals surface area contributed by atoms with Gasteiger partial charge in [0.15, 0.2) is 5.57 Å². The highest BCUT2D eigenvalue weighted by Crippen LogP contribution is 2.20. The maximum atomic E-state index is 10.7. The molecule has 6 N–H and O–H groups in total. The molecule has 0 spiro atoms. The van der Waals surface area contributed by atoms with Crippen LogP contribution < -0.4 is 11.5 Å². The summed E-state index contributed by atoms with van der Waals surface area (Å²) in [7, 11) is 0. The zero-order valence-corrected chi connectivity index (χ0v) is 8.18. The van der Waals surface area contributed by atoms with Crippen molar-refractivity contribution in [1.82, 2.24) is 0 Å². The van der Waals surface area contributed by atoms with Crippen molar-refractivity contribution < 1.29 is 19.8 Å². The molecule has 0 bridgehead atoms. The van der Waals surface area contributed by atoms with Crippen molar-refractivity contribution in [3.63, 3.8) is 0 Å². The number of hydrogen-bond donors (Lipinski definition) is 4. The van der Waals surface area contributed by atoms with Crippen LogP contribution >= 0.6 is 0 Å². The van der Waals surface area contributed by atoms with Gasteiger partial charge in [-0.2, -0.15) is 0 Å². The molecule has 0 fully saturated rings. The van der Waals surface area contributed by atoms with Gasteiger partial charge in [0.25, 0.3) is 0 Å². The van der Waals surface area contributed by atoms with Gasteiger partial charge in [-0.15, -0.1) is 0 Å². The van der Waals surface area contributed by atoms with Crippen LogP contribution in [0.3, 0.4) is 0 Å². The number of anilines is 1. The molecule has 0 radical (unpaired) electrons. The van der Waals surface area contributed by atoms with Crippen LogP contribution in [-0.4, -0.2) is 22.2 Å². The number of rotatable bonds is 3. The zero-order valence-electron chi connectivity index (χ0n) is 8.18. The first-order valence-corrected chi connectivity index (χ1v) is 4.26. The first-order valence-electron chi connectivity index (χ1n) is 4.26. The van der Waals surface area contributed by atoms with Gasteiger partial charge in [-0.05, 0) is 6.07 Å². The molecule has 84 valence electrons. The summed E-state index contributed by atoms with van der Waals surface area (Å²) in [4.78, 5) is 21.4. The lowest BCUT2D eigenvalue weighted by atomic mass is 10.1. The Balaban J connectivity index is 3.42. The highest BCUT2D eigenvalue weighted by atomic mass is 16.4. The molecule has 0 aliphatic rings. The Hall–Kier alpha value is -2.50. The average molecular weight is 222 g/mol. The summed E-state index contributed by atoms with van der Waals surface area (Å²) < 4.78 is 0. The number of nitrogen functional groups attached to an aromatic ring is 1. The molecule has 1 aromatic carbocycles. The van der Waals surface area contributed by atoms with Crippen LogP contribution in [0.25, 0.3) is 5.70 Å². The van der Waals surface area contributed by atoms with Crippen LogP contribution in [-0.2, 0) is 9.59 Å². The quantitative estimate of drug-likeness (QED) is 0.249. The summed E-state index contributed by atoms with van der Waals surface area (Å²) in [5.74, 6) is -3.21. The second-order valence-electron chi connectivity index (χ2n) is 2.99. The number of carbonyl (C=O) groups is 2. The number of nitrogens with two attached hydrogens (primary N) is 2. The van der Waals surface area contributed by atoms with Crippen LogP contribution in [0.15, 0.2) is 29.8 Å². The van der Waals surface area contributed by atoms with E-state index in [4.69, 9.17) is 21.7 Å². The van der Waals surface area contributed by atoms with E-state index in [9.17, 15) is 9.59 Å². The summed E-state index contributed by atoms with van der Waals surface area (Å²) in [6.45, 7) is 0. The van der Waals surface area contributed by atoms with Crippen molar-refractivity contribution in [3.8, 4) is 0 Å². The maximum Gasteiger partial charge on any atom is 0.345 e. The molecule has 0 unspecified atom stereocenters. The summed E-state index contributed by atoms with van der Waals surface area (Å²) in [6, 6.07) is 6.17. The van der Waals surface area contributed by atoms with Gasteiger partial charge in [-0.25, -0.2) is 9.59 Å². The normalized spacial score (nSPS) is 9.50. The molecule has 6 nitrogen and oxygen atoms in total. The molecule has 0 atom stereocenters. The molecule has 0 aliphatic carbocycles. The number of aliphatic carboxylic acids is 2. The van der Waals surface area contributed by atoms with Crippen molar-refractivity contribution >= 4 is 23.3 Å². The van der Waals surface area contributed by atoms with Crippen LogP contribution in [0.1, 0.15) is 5.56 Å². The predicted octanol–water partition coefficient (Wildman–Crippen LogP) is 0.108. The second-order valence-corrected chi connectivity index (χ2v) is 2.99. The Morgan fingerprint density at radius 3 is 2.00 bits per heavy atom. The Labute approximate surface area is 90.8 Å². The van der Waals surface area contributed by atoms with E-state index in [0.29, 0.717) is 0 Å². The molecule has 0 amide bonds. The fourth-order valence-corrected chi connectivity index (χ4v) is 1.20. The summed E-state index contributed by atoms with van der Waals surface area (Å²) in [5, 5.41) is 17.4. The van der Waals surface area contributed by atoms with Crippen LogP contribution in [0.4, 0.5) is 5.69 Å². The number of benzene rings is 1. The van der Waals surface area contributed by atoms with Crippen LogP contribution in [0.5, 0.6) is 0 Å². The summed E-state index contributed by atoms with van der Waals surface area (Å²) in [5.41, 5.74) is 10.2. The van der Waals surface area contributed by atoms with Gasteiger partial charge in [0.1, 0.15) is 0 Å². The molecule has 0 aliphatic heterocycles. The molecule has 0 heterocycles. The third-order valence-corrected chi connectivity index (χ3v) is 1.95. The third-order valence-electron chi connectivity index (χ3n) is 1.95. The van der Waals surface area contributed by atoms with Gasteiger partial charge in [-0.3, -0.25) is 0 Å². The Kier molecular flexibility index (Phi) is 3.14. The highest BCUT2D eigenvalue weighted by Gasteiger charge is 2.22. The minimum absolute atomic E-state index is 0.197. The van der Waals surface area contributed by atoms with Gasteiger partial charge < -0.3 is 21.7 Å². The van der Waals surface area contributed by atoms with Crippen molar-refractivity contribution in [3.05, 3.63) is 35.4 Å². The minimum atomic E-state index is -1.60. The lowest BCUT2D eigenvalue weighted by molar-refractivity contribution is -0.140. The first-order chi connectivity index (χ1) is 7.45. The zero-order chi connectivity index (χ0) is 12.3. The van der Waals surface area contributed by atoms with E-state index >= 15 is 0 Å². The van der Waals surface area contributed by atoms with Crippen molar-refractivity contribution in [2.24, 2.45) is 5.73 Å². The number of carboxylic acids is 2. The third kappa shape index (κ3) is 2.11. The van der Waals surface area contributed by atoms with Gasteiger partial charge in [0, 0.05) is 11.3 Å². The molecule has 16 heavy (non-hydrogen) atoms. The van der Waals surface area contributed by atoms with Gasteiger partial charge in [0.2, 0.25) is 0 Å². The predicted molar refractivity (Wildman–Crippen MR) is 57.2 cm³/mol. The topological polar surface area (TPSA) is 127 Å². The SMILES string of the molecule is NC(=C(C(=O)O)C(=O)O)c1ccccc1N. The average Bonchev–Trinajstić information content (AvgIpc) is 2.16. The molecule has 6 heteroatoms. The molecular weight excluding hydrogens is 212 g/mol. The summed E-state index contributed by atoms with van der Waals surface area (Å²) >= 11 is 0. The Bertz CT molecular complexity index is 463. The van der Waals surface area contributed by atoms with E-state index in [-0.39, 0.29) is 16.9 Å². The lowest BCUT2D eigenvalue weighted by Crippen LogP contribution is -2.18. The van der Waals surface area contributed by atoms with Crippen LogP contribution in [0, 0.1) is 0 Å². The van der Waals surface area contributed by atoms with E-state index < -0.39 is 17.5 Å². The number of para-hydroxylation sites is 1. The fraction of sp³-hybridized carbons (Fsp3) is 0. The molecule has 0 aromatic heterocycles. The minimum Gasteiger partial charge on any atom is -0.477 e. The molecule has 1 rings (SSSR count). The van der Waals surface area contributed by atoms with Crippen molar-refractivity contribution in [2.45, 2.75) is 0 Å². The highest BCUT2D eigenvalue weighted by molar-refractivity contribution is 6.18.